The Morgan fingerprint density at radius 2 is 2.00 bits per heavy atom. The topological polar surface area (TPSA) is 47.0 Å². The number of ether oxygens (including phenoxy) is 1. The molecule has 0 aliphatic carbocycles. The van der Waals surface area contributed by atoms with Crippen molar-refractivity contribution in [2.45, 2.75) is 33.4 Å². The smallest absolute Gasteiger partial charge is 0.163 e. The largest absolute Gasteiger partial charge is 0.493 e. The van der Waals surface area contributed by atoms with E-state index in [-0.39, 0.29) is 0 Å². The van der Waals surface area contributed by atoms with Gasteiger partial charge in [0.2, 0.25) is 0 Å². The molecule has 0 unspecified atom stereocenters. The van der Waals surface area contributed by atoms with Gasteiger partial charge in [0, 0.05) is 18.8 Å². The summed E-state index contributed by atoms with van der Waals surface area (Å²) in [5.41, 5.74) is 1.91. The highest BCUT2D eigenvalue weighted by Crippen LogP contribution is 2.26. The fourth-order valence-electron chi connectivity index (χ4n) is 1.87. The van der Waals surface area contributed by atoms with Crippen LogP contribution in [0.3, 0.4) is 0 Å². The van der Waals surface area contributed by atoms with Crippen molar-refractivity contribution in [1.29, 1.82) is 0 Å². The van der Waals surface area contributed by atoms with Crippen LogP contribution in [-0.4, -0.2) is 22.6 Å². The molecule has 0 radical (unpaired) electrons. The third kappa shape index (κ3) is 3.78. The Morgan fingerprint density at radius 3 is 2.75 bits per heavy atom. The van der Waals surface area contributed by atoms with Crippen molar-refractivity contribution in [3.63, 3.8) is 0 Å². The lowest BCUT2D eigenvalue weighted by Crippen LogP contribution is -2.22. The number of benzene rings is 1. The number of nitrogens with one attached hydrogen (secondary N) is 1. The van der Waals surface area contributed by atoms with Crippen LogP contribution in [0.4, 0.5) is 0 Å². The fourth-order valence-corrected chi connectivity index (χ4v) is 1.87. The van der Waals surface area contributed by atoms with Crippen LogP contribution in [0.5, 0.6) is 5.75 Å². The summed E-state index contributed by atoms with van der Waals surface area (Å²) in [7, 11) is 0. The average molecular weight is 271 g/mol. The van der Waals surface area contributed by atoms with Crippen LogP contribution >= 0.6 is 0 Å². The summed E-state index contributed by atoms with van der Waals surface area (Å²) >= 11 is 0. The van der Waals surface area contributed by atoms with E-state index in [2.05, 4.69) is 29.1 Å². The first-order valence-electron chi connectivity index (χ1n) is 6.98. The Morgan fingerprint density at radius 1 is 1.20 bits per heavy atom. The summed E-state index contributed by atoms with van der Waals surface area (Å²) in [4.78, 5) is 8.97. The monoisotopic (exact) mass is 271 g/mol. The van der Waals surface area contributed by atoms with Gasteiger partial charge in [-0.25, -0.2) is 9.97 Å². The molecular formula is C16H21N3O. The first-order valence-corrected chi connectivity index (χ1v) is 6.98. The highest BCUT2D eigenvalue weighted by molar-refractivity contribution is 5.63. The minimum atomic E-state index is 0.434. The van der Waals surface area contributed by atoms with E-state index in [1.807, 2.05) is 37.3 Å². The van der Waals surface area contributed by atoms with E-state index in [0.29, 0.717) is 18.5 Å². The third-order valence-corrected chi connectivity index (χ3v) is 2.83. The van der Waals surface area contributed by atoms with Gasteiger partial charge in [0.1, 0.15) is 5.75 Å². The normalized spacial score (nSPS) is 10.8. The molecule has 0 spiro atoms. The second-order valence-corrected chi connectivity index (χ2v) is 4.84. The van der Waals surface area contributed by atoms with E-state index in [4.69, 9.17) is 4.74 Å². The maximum atomic E-state index is 5.63. The van der Waals surface area contributed by atoms with E-state index >= 15 is 0 Å². The highest BCUT2D eigenvalue weighted by Gasteiger charge is 2.09. The van der Waals surface area contributed by atoms with E-state index < -0.39 is 0 Å². The van der Waals surface area contributed by atoms with Crippen molar-refractivity contribution in [1.82, 2.24) is 15.3 Å². The van der Waals surface area contributed by atoms with Crippen molar-refractivity contribution in [2.24, 2.45) is 0 Å². The molecule has 0 amide bonds. The van der Waals surface area contributed by atoms with Crippen LogP contribution in [0.2, 0.25) is 0 Å². The molecule has 1 N–H and O–H groups in total. The van der Waals surface area contributed by atoms with E-state index in [1.54, 1.807) is 6.20 Å². The zero-order valence-electron chi connectivity index (χ0n) is 12.3. The molecule has 0 bridgehead atoms. The van der Waals surface area contributed by atoms with Crippen LogP contribution in [0.25, 0.3) is 11.4 Å². The van der Waals surface area contributed by atoms with Gasteiger partial charge in [-0.15, -0.1) is 0 Å². The van der Waals surface area contributed by atoms with E-state index in [9.17, 15) is 0 Å². The summed E-state index contributed by atoms with van der Waals surface area (Å²) in [6, 6.07) is 10.2. The summed E-state index contributed by atoms with van der Waals surface area (Å²) in [6.45, 7) is 7.58. The molecule has 1 aromatic carbocycles. The lowest BCUT2D eigenvalue weighted by molar-refractivity contribution is 0.341. The average Bonchev–Trinajstić information content (AvgIpc) is 2.46. The maximum absolute atomic E-state index is 5.63. The first-order chi connectivity index (χ1) is 9.70. The van der Waals surface area contributed by atoms with Gasteiger partial charge in [0.15, 0.2) is 5.82 Å². The molecule has 1 aromatic heterocycles. The van der Waals surface area contributed by atoms with Crippen LogP contribution in [0, 0.1) is 0 Å². The molecule has 0 fully saturated rings. The van der Waals surface area contributed by atoms with Crippen LogP contribution < -0.4 is 10.1 Å². The molecule has 0 aliphatic heterocycles. The Balaban J connectivity index is 2.26. The molecule has 4 nitrogen and oxygen atoms in total. The maximum Gasteiger partial charge on any atom is 0.163 e. The van der Waals surface area contributed by atoms with Gasteiger partial charge in [-0.3, -0.25) is 0 Å². The standard InChI is InChI=1S/C16H21N3O/c1-4-20-15-8-6-5-7-14(15)16-17-10-9-13(19-16)11-18-12(2)3/h5-10,12,18H,4,11H2,1-3H3. The van der Waals surface area contributed by atoms with Crippen molar-refractivity contribution < 1.29 is 4.74 Å². The molecule has 0 aliphatic rings. The minimum Gasteiger partial charge on any atom is -0.493 e. The Hall–Kier alpha value is -1.94. The predicted octanol–water partition coefficient (Wildman–Crippen LogP) is 3.04. The van der Waals surface area contributed by atoms with Gasteiger partial charge in [-0.05, 0) is 25.1 Å². The lowest BCUT2D eigenvalue weighted by atomic mass is 10.2. The summed E-state index contributed by atoms with van der Waals surface area (Å²) in [6.07, 6.45) is 1.79. The number of hydrogen-bond acceptors (Lipinski definition) is 4. The molecule has 4 heteroatoms. The second kappa shape index (κ2) is 7.01. The molecule has 1 heterocycles. The summed E-state index contributed by atoms with van der Waals surface area (Å²) in [5, 5.41) is 3.36. The van der Waals surface area contributed by atoms with Gasteiger partial charge in [0.05, 0.1) is 17.9 Å². The van der Waals surface area contributed by atoms with Crippen LogP contribution in [-0.2, 0) is 6.54 Å². The van der Waals surface area contributed by atoms with E-state index in [1.165, 1.54) is 0 Å². The molecule has 2 rings (SSSR count). The molecule has 0 saturated carbocycles. The minimum absolute atomic E-state index is 0.434. The number of para-hydroxylation sites is 1. The van der Waals surface area contributed by atoms with Gasteiger partial charge in [0.25, 0.3) is 0 Å². The number of nitrogens with zero attached hydrogens (tertiary/aromatic N) is 2. The lowest BCUT2D eigenvalue weighted by Gasteiger charge is -2.11. The number of aromatic nitrogens is 2. The van der Waals surface area contributed by atoms with E-state index in [0.717, 1.165) is 23.6 Å². The molecule has 20 heavy (non-hydrogen) atoms. The number of hydrogen-bond donors (Lipinski definition) is 1. The van der Waals surface area contributed by atoms with Crippen molar-refractivity contribution in [2.75, 3.05) is 6.61 Å². The zero-order chi connectivity index (χ0) is 14.4. The van der Waals surface area contributed by atoms with Gasteiger partial charge in [-0.1, -0.05) is 26.0 Å². The summed E-state index contributed by atoms with van der Waals surface area (Å²) < 4.78 is 5.63. The quantitative estimate of drug-likeness (QED) is 0.877. The molecule has 0 saturated heterocycles. The Kier molecular flexibility index (Phi) is 5.07. The highest BCUT2D eigenvalue weighted by atomic mass is 16.5. The third-order valence-electron chi connectivity index (χ3n) is 2.83. The molecular weight excluding hydrogens is 250 g/mol. The fraction of sp³-hybridized carbons (Fsp3) is 0.375. The zero-order valence-corrected chi connectivity index (χ0v) is 12.3. The second-order valence-electron chi connectivity index (χ2n) is 4.84. The van der Waals surface area contributed by atoms with Gasteiger partial charge >= 0.3 is 0 Å². The van der Waals surface area contributed by atoms with Crippen molar-refractivity contribution >= 4 is 0 Å². The van der Waals surface area contributed by atoms with Crippen LogP contribution in [0.15, 0.2) is 36.5 Å². The summed E-state index contributed by atoms with van der Waals surface area (Å²) in [5.74, 6) is 1.53. The van der Waals surface area contributed by atoms with Gasteiger partial charge < -0.3 is 10.1 Å². The Labute approximate surface area is 120 Å². The SMILES string of the molecule is CCOc1ccccc1-c1nccc(CNC(C)C)n1. The molecule has 0 atom stereocenters. The van der Waals surface area contributed by atoms with Crippen molar-refractivity contribution in [3.8, 4) is 17.1 Å². The molecule has 106 valence electrons. The Bertz CT molecular complexity index is 555. The predicted molar refractivity (Wildman–Crippen MR) is 80.6 cm³/mol. The number of rotatable bonds is 6. The first kappa shape index (κ1) is 14.5. The van der Waals surface area contributed by atoms with Gasteiger partial charge in [-0.2, -0.15) is 0 Å². The molecule has 2 aromatic rings. The van der Waals surface area contributed by atoms with Crippen LogP contribution in [0.1, 0.15) is 26.5 Å². The van der Waals surface area contributed by atoms with Crippen molar-refractivity contribution in [3.05, 3.63) is 42.2 Å².